The van der Waals surface area contributed by atoms with Crippen molar-refractivity contribution >= 4 is 33.1 Å². The molecule has 1 heterocycles. The number of amides is 1. The van der Waals surface area contributed by atoms with Crippen molar-refractivity contribution in [2.24, 2.45) is 5.92 Å². The zero-order chi connectivity index (χ0) is 15.5. The monoisotopic (exact) mass is 319 g/mol. The maximum atomic E-state index is 11.9. The van der Waals surface area contributed by atoms with E-state index in [0.717, 1.165) is 17.6 Å². The number of nitrogens with one attached hydrogen (secondary N) is 1. The highest BCUT2D eigenvalue weighted by Crippen LogP contribution is 2.19. The third-order valence-electron chi connectivity index (χ3n) is 2.54. The third kappa shape index (κ3) is 4.61. The van der Waals surface area contributed by atoms with Gasteiger partial charge in [0, 0.05) is 11.6 Å². The SMILES string of the molecule is CC(C)C[C@H](NC(=O)c1cc(S(C)(=O)=O)cs1)C(=O)O. The molecule has 1 rings (SSSR count). The Morgan fingerprint density at radius 1 is 1.40 bits per heavy atom. The molecule has 0 bridgehead atoms. The third-order valence-corrected chi connectivity index (χ3v) is 4.71. The van der Waals surface area contributed by atoms with Gasteiger partial charge in [-0.15, -0.1) is 11.3 Å². The molecule has 112 valence electrons. The van der Waals surface area contributed by atoms with E-state index in [9.17, 15) is 18.0 Å². The molecule has 1 aromatic rings. The van der Waals surface area contributed by atoms with Crippen LogP contribution in [0, 0.1) is 5.92 Å². The van der Waals surface area contributed by atoms with E-state index in [4.69, 9.17) is 5.11 Å². The average molecular weight is 319 g/mol. The molecule has 0 fully saturated rings. The molecule has 20 heavy (non-hydrogen) atoms. The van der Waals surface area contributed by atoms with Gasteiger partial charge in [-0.1, -0.05) is 13.8 Å². The molecule has 0 saturated carbocycles. The summed E-state index contributed by atoms with van der Waals surface area (Å²) in [5.74, 6) is -1.56. The number of carboxylic acids is 1. The second-order valence-electron chi connectivity index (χ2n) is 4.91. The zero-order valence-corrected chi connectivity index (χ0v) is 13.0. The van der Waals surface area contributed by atoms with Crippen LogP contribution in [0.4, 0.5) is 0 Å². The zero-order valence-electron chi connectivity index (χ0n) is 11.4. The number of sulfone groups is 1. The fourth-order valence-electron chi connectivity index (χ4n) is 1.55. The maximum Gasteiger partial charge on any atom is 0.326 e. The summed E-state index contributed by atoms with van der Waals surface area (Å²) in [6.45, 7) is 3.71. The van der Waals surface area contributed by atoms with Crippen LogP contribution in [0.15, 0.2) is 16.3 Å². The second-order valence-corrected chi connectivity index (χ2v) is 7.84. The van der Waals surface area contributed by atoms with Gasteiger partial charge >= 0.3 is 5.97 Å². The highest BCUT2D eigenvalue weighted by atomic mass is 32.2. The van der Waals surface area contributed by atoms with Gasteiger partial charge in [0.2, 0.25) is 0 Å². The van der Waals surface area contributed by atoms with Crippen molar-refractivity contribution in [1.82, 2.24) is 5.32 Å². The minimum absolute atomic E-state index is 0.0587. The minimum Gasteiger partial charge on any atom is -0.480 e. The smallest absolute Gasteiger partial charge is 0.326 e. The lowest BCUT2D eigenvalue weighted by atomic mass is 10.0. The summed E-state index contributed by atoms with van der Waals surface area (Å²) >= 11 is 0.973. The Labute approximate surface area is 121 Å². The standard InChI is InChI=1S/C12H17NO5S2/c1-7(2)4-9(12(15)16)13-11(14)10-5-8(6-19-10)20(3,17)18/h5-7,9H,4H2,1-3H3,(H,13,14)(H,15,16)/t9-/m0/s1. The lowest BCUT2D eigenvalue weighted by Gasteiger charge is -2.15. The van der Waals surface area contributed by atoms with E-state index in [1.54, 1.807) is 0 Å². The Kier molecular flexibility index (Phi) is 5.29. The van der Waals surface area contributed by atoms with E-state index in [0.29, 0.717) is 6.42 Å². The van der Waals surface area contributed by atoms with Gasteiger partial charge in [-0.3, -0.25) is 4.79 Å². The first-order valence-electron chi connectivity index (χ1n) is 5.93. The fraction of sp³-hybridized carbons (Fsp3) is 0.500. The van der Waals surface area contributed by atoms with Crippen molar-refractivity contribution in [1.29, 1.82) is 0 Å². The Bertz CT molecular complexity index is 603. The second kappa shape index (κ2) is 6.36. The van der Waals surface area contributed by atoms with Gasteiger partial charge in [0.25, 0.3) is 5.91 Å². The molecule has 0 aromatic carbocycles. The van der Waals surface area contributed by atoms with Crippen molar-refractivity contribution in [3.63, 3.8) is 0 Å². The molecule has 0 aliphatic heterocycles. The summed E-state index contributed by atoms with van der Waals surface area (Å²) in [7, 11) is -3.37. The van der Waals surface area contributed by atoms with E-state index in [-0.39, 0.29) is 15.7 Å². The van der Waals surface area contributed by atoms with Crippen LogP contribution >= 0.6 is 11.3 Å². The first-order valence-corrected chi connectivity index (χ1v) is 8.70. The molecule has 0 radical (unpaired) electrons. The summed E-state index contributed by atoms with van der Waals surface area (Å²) < 4.78 is 22.7. The first-order chi connectivity index (χ1) is 9.11. The maximum absolute atomic E-state index is 11.9. The number of rotatable bonds is 6. The lowest BCUT2D eigenvalue weighted by molar-refractivity contribution is -0.139. The van der Waals surface area contributed by atoms with Crippen LogP contribution in [-0.4, -0.2) is 37.7 Å². The van der Waals surface area contributed by atoms with Crippen molar-refractivity contribution in [3.05, 3.63) is 16.3 Å². The van der Waals surface area contributed by atoms with E-state index in [2.05, 4.69) is 5.32 Å². The summed E-state index contributed by atoms with van der Waals surface area (Å²) in [5, 5.41) is 12.8. The van der Waals surface area contributed by atoms with E-state index < -0.39 is 27.8 Å². The Hall–Kier alpha value is -1.41. The minimum atomic E-state index is -3.37. The molecular weight excluding hydrogens is 302 g/mol. The number of aliphatic carboxylic acids is 1. The lowest BCUT2D eigenvalue weighted by Crippen LogP contribution is -2.41. The van der Waals surface area contributed by atoms with E-state index in [1.165, 1.54) is 11.4 Å². The Balaban J connectivity index is 2.84. The predicted molar refractivity (Wildman–Crippen MR) is 75.8 cm³/mol. The van der Waals surface area contributed by atoms with Crippen LogP contribution in [0.2, 0.25) is 0 Å². The number of hydrogen-bond donors (Lipinski definition) is 2. The molecule has 2 N–H and O–H groups in total. The number of hydrogen-bond acceptors (Lipinski definition) is 5. The van der Waals surface area contributed by atoms with Gasteiger partial charge in [0.15, 0.2) is 9.84 Å². The summed E-state index contributed by atoms with van der Waals surface area (Å²) in [6, 6.07) is 0.273. The van der Waals surface area contributed by atoms with Crippen molar-refractivity contribution in [3.8, 4) is 0 Å². The molecule has 8 heteroatoms. The summed E-state index contributed by atoms with van der Waals surface area (Å²) in [6.07, 6.45) is 1.36. The van der Waals surface area contributed by atoms with Gasteiger partial charge in [-0.25, -0.2) is 13.2 Å². The van der Waals surface area contributed by atoms with Gasteiger partial charge < -0.3 is 10.4 Å². The van der Waals surface area contributed by atoms with Gasteiger partial charge in [-0.05, 0) is 18.4 Å². The van der Waals surface area contributed by atoms with Crippen molar-refractivity contribution in [2.75, 3.05) is 6.26 Å². The molecule has 0 saturated heterocycles. The van der Waals surface area contributed by atoms with E-state index in [1.807, 2.05) is 13.8 Å². The van der Waals surface area contributed by atoms with Gasteiger partial charge in [-0.2, -0.15) is 0 Å². The molecule has 6 nitrogen and oxygen atoms in total. The number of carbonyl (C=O) groups excluding carboxylic acids is 1. The molecular formula is C12H17NO5S2. The molecule has 1 amide bonds. The summed E-state index contributed by atoms with van der Waals surface area (Å²) in [4.78, 5) is 23.2. The first kappa shape index (κ1) is 16.6. The number of carbonyl (C=O) groups is 2. The topological polar surface area (TPSA) is 101 Å². The van der Waals surface area contributed by atoms with Crippen molar-refractivity contribution < 1.29 is 23.1 Å². The molecule has 0 aliphatic rings. The van der Waals surface area contributed by atoms with Crippen LogP contribution in [0.25, 0.3) is 0 Å². The number of thiophene rings is 1. The van der Waals surface area contributed by atoms with Gasteiger partial charge in [0.05, 0.1) is 9.77 Å². The Morgan fingerprint density at radius 2 is 2.00 bits per heavy atom. The van der Waals surface area contributed by atoms with Crippen LogP contribution < -0.4 is 5.32 Å². The quantitative estimate of drug-likeness (QED) is 0.825. The highest BCUT2D eigenvalue weighted by Gasteiger charge is 2.23. The highest BCUT2D eigenvalue weighted by molar-refractivity contribution is 7.90. The van der Waals surface area contributed by atoms with Gasteiger partial charge in [0.1, 0.15) is 6.04 Å². The number of carboxylic acid groups (broad SMARTS) is 1. The molecule has 0 spiro atoms. The molecule has 1 aromatic heterocycles. The fourth-order valence-corrected chi connectivity index (χ4v) is 3.48. The molecule has 0 aliphatic carbocycles. The largest absolute Gasteiger partial charge is 0.480 e. The summed E-state index contributed by atoms with van der Waals surface area (Å²) in [5.41, 5.74) is 0. The van der Waals surface area contributed by atoms with E-state index >= 15 is 0 Å². The Morgan fingerprint density at radius 3 is 2.40 bits per heavy atom. The van der Waals surface area contributed by atoms with Crippen molar-refractivity contribution in [2.45, 2.75) is 31.2 Å². The van der Waals surface area contributed by atoms with Crippen LogP contribution in [0.1, 0.15) is 29.9 Å². The predicted octanol–water partition coefficient (Wildman–Crippen LogP) is 1.38. The average Bonchev–Trinajstić information content (AvgIpc) is 2.75. The molecule has 0 unspecified atom stereocenters. The molecule has 1 atom stereocenters. The normalized spacial score (nSPS) is 13.2. The van der Waals surface area contributed by atoms with Crippen LogP contribution in [0.5, 0.6) is 0 Å². The van der Waals surface area contributed by atoms with Crippen LogP contribution in [0.3, 0.4) is 0 Å². The van der Waals surface area contributed by atoms with Crippen LogP contribution in [-0.2, 0) is 14.6 Å².